The van der Waals surface area contributed by atoms with Crippen LogP contribution in [0.2, 0.25) is 0 Å². The number of aliphatic hydroxyl groups excluding tert-OH is 4. The molecule has 0 aromatic carbocycles. The summed E-state index contributed by atoms with van der Waals surface area (Å²) in [6, 6.07) is 8.49. The van der Waals surface area contributed by atoms with Crippen molar-refractivity contribution in [1.82, 2.24) is 39.5 Å². The second kappa shape index (κ2) is 17.4. The number of nitrogens with one attached hydrogen (secondary N) is 2. The topological polar surface area (TPSA) is 151 Å². The molecule has 0 spiro atoms. The van der Waals surface area contributed by atoms with Gasteiger partial charge < -0.3 is 50.0 Å². The molecule has 0 unspecified atom stereocenters. The summed E-state index contributed by atoms with van der Waals surface area (Å²) in [6.07, 6.45) is 33.0. The van der Waals surface area contributed by atoms with Crippen LogP contribution in [0, 0.1) is 0 Å². The molecule has 60 heavy (non-hydrogen) atoms. The van der Waals surface area contributed by atoms with Gasteiger partial charge in [-0.2, -0.15) is 0 Å². The van der Waals surface area contributed by atoms with Gasteiger partial charge in [0.1, 0.15) is 0 Å². The van der Waals surface area contributed by atoms with Gasteiger partial charge in [0.2, 0.25) is 0 Å². The number of β-amino-alcohol motifs (C(OH)–C–C–N with tert-alkyl or cyclic N) is 4. The van der Waals surface area contributed by atoms with Crippen molar-refractivity contribution in [1.29, 1.82) is 0 Å². The number of nitrogens with zero attached hydrogens (tertiary/aromatic N) is 6. The second-order valence-corrected chi connectivity index (χ2v) is 15.4. The number of hydrogen-bond donors (Lipinski definition) is 6. The van der Waals surface area contributed by atoms with E-state index in [9.17, 15) is 20.4 Å². The zero-order valence-electron chi connectivity index (χ0n) is 33.5. The molecular weight excluding hydrogens is 753 g/mol. The molecule has 306 valence electrons. The molecule has 6 N–H and O–H groups in total. The SMILES string of the molecule is OCCN1C=CC=C(c2c3nc(c(C4=CC=CN(CCO)C4)c4ccc([nH]4)c(C4=CC=CN(CCO)C4)c4nc(c(C5=CC=CN(CCO)C5)c5ccc2[nH]5)C=C4)C=C3)C1. The molecule has 0 saturated heterocycles. The lowest BCUT2D eigenvalue weighted by atomic mass is 10.0. The number of H-pyrrole nitrogens is 2. The van der Waals surface area contributed by atoms with Crippen LogP contribution in [0.1, 0.15) is 45.0 Å². The Hall–Kier alpha value is -6.44. The Morgan fingerprint density at radius 1 is 0.400 bits per heavy atom. The summed E-state index contributed by atoms with van der Waals surface area (Å²) in [5.74, 6) is 0. The van der Waals surface area contributed by atoms with Gasteiger partial charge in [0.15, 0.2) is 0 Å². The maximum atomic E-state index is 9.88. The monoisotopic (exact) mass is 802 g/mol. The Bertz CT molecular complexity index is 2300. The molecule has 3 aromatic heterocycles. The Balaban J connectivity index is 1.37. The smallest absolute Gasteiger partial charge is 0.0734 e. The maximum absolute atomic E-state index is 9.88. The van der Waals surface area contributed by atoms with E-state index in [1.165, 1.54) is 0 Å². The minimum absolute atomic E-state index is 0.0452. The zero-order chi connectivity index (χ0) is 41.0. The van der Waals surface area contributed by atoms with Gasteiger partial charge >= 0.3 is 0 Å². The number of hydrogen-bond acceptors (Lipinski definition) is 10. The Morgan fingerprint density at radius 2 is 0.650 bits per heavy atom. The van der Waals surface area contributed by atoms with Gasteiger partial charge in [0, 0.05) is 96.7 Å². The van der Waals surface area contributed by atoms with Crippen molar-refractivity contribution in [2.75, 3.05) is 78.8 Å². The average molecular weight is 803 g/mol. The fourth-order valence-corrected chi connectivity index (χ4v) is 8.75. The first kappa shape index (κ1) is 39.0. The number of aromatic nitrogens is 4. The van der Waals surface area contributed by atoms with Crippen LogP contribution >= 0.6 is 0 Å². The molecule has 0 amide bonds. The van der Waals surface area contributed by atoms with Gasteiger partial charge in [-0.05, 0) is 120 Å². The molecule has 6 aliphatic rings. The van der Waals surface area contributed by atoms with E-state index in [2.05, 4.69) is 102 Å². The maximum Gasteiger partial charge on any atom is 0.0734 e. The van der Waals surface area contributed by atoms with Crippen LogP contribution in [0.25, 0.3) is 68.7 Å². The lowest BCUT2D eigenvalue weighted by Gasteiger charge is -2.25. The van der Waals surface area contributed by atoms with Crippen molar-refractivity contribution < 1.29 is 20.4 Å². The van der Waals surface area contributed by atoms with E-state index >= 15 is 0 Å². The minimum Gasteiger partial charge on any atom is -0.395 e. The van der Waals surface area contributed by atoms with E-state index in [0.29, 0.717) is 52.4 Å². The number of rotatable bonds is 12. The molecule has 8 bridgehead atoms. The molecule has 0 radical (unpaired) electrons. The highest BCUT2D eigenvalue weighted by atomic mass is 16.3. The molecule has 9 heterocycles. The van der Waals surface area contributed by atoms with Crippen LogP contribution in [0.3, 0.4) is 0 Å². The number of fused-ring (bicyclic) bond motifs is 8. The Morgan fingerprint density at radius 3 is 0.883 bits per heavy atom. The van der Waals surface area contributed by atoms with E-state index < -0.39 is 0 Å². The lowest BCUT2D eigenvalue weighted by molar-refractivity contribution is 0.246. The number of allylic oxidation sites excluding steroid dienone is 8. The molecule has 12 nitrogen and oxygen atoms in total. The summed E-state index contributed by atoms with van der Waals surface area (Å²) in [4.78, 5) is 27.0. The van der Waals surface area contributed by atoms with Crippen LogP contribution in [-0.4, -0.2) is 139 Å². The average Bonchev–Trinajstić information content (AvgIpc) is 4.10. The summed E-state index contributed by atoms with van der Waals surface area (Å²) >= 11 is 0. The first-order chi connectivity index (χ1) is 29.5. The van der Waals surface area contributed by atoms with E-state index in [-0.39, 0.29) is 26.4 Å². The third-order valence-electron chi connectivity index (χ3n) is 11.5. The summed E-state index contributed by atoms with van der Waals surface area (Å²) in [5, 5.41) is 39.5. The van der Waals surface area contributed by atoms with E-state index in [1.54, 1.807) is 0 Å². The van der Waals surface area contributed by atoms with Crippen molar-refractivity contribution in [2.24, 2.45) is 0 Å². The second-order valence-electron chi connectivity index (χ2n) is 15.4. The van der Waals surface area contributed by atoms with E-state index in [1.807, 2.05) is 49.1 Å². The number of aliphatic hydroxyl groups is 4. The van der Waals surface area contributed by atoms with Gasteiger partial charge in [0.25, 0.3) is 0 Å². The van der Waals surface area contributed by atoms with Crippen LogP contribution in [0.15, 0.2) is 97.7 Å². The van der Waals surface area contributed by atoms with Crippen LogP contribution < -0.4 is 0 Å². The summed E-state index contributed by atoms with van der Waals surface area (Å²) in [5.41, 5.74) is 15.0. The fraction of sp³-hybridized carbons (Fsp3) is 0.250. The Labute approximate surface area is 349 Å². The van der Waals surface area contributed by atoms with Crippen molar-refractivity contribution in [3.63, 3.8) is 0 Å². The van der Waals surface area contributed by atoms with Crippen LogP contribution in [0.5, 0.6) is 0 Å². The van der Waals surface area contributed by atoms with Crippen molar-refractivity contribution in [3.8, 4) is 0 Å². The van der Waals surface area contributed by atoms with Gasteiger partial charge in [-0.25, -0.2) is 9.97 Å². The van der Waals surface area contributed by atoms with E-state index in [4.69, 9.17) is 9.97 Å². The molecule has 0 aliphatic carbocycles. The fourth-order valence-electron chi connectivity index (χ4n) is 8.75. The standard InChI is InChI=1S/C48H50N8O4/c57-25-21-53-17-1-5-33(29-53)45-37-9-11-39(49-37)46(34-6-2-18-54(30-34)22-26-58)41-13-15-43(51-41)48(36-8-4-20-56(32-36)24-28-60)44-16-14-42(52-44)47(40-12-10-38(45)50-40)35-7-3-19-55(31-35)23-27-59/h1-20,49,52,57-60H,21-32H2. The molecule has 0 fully saturated rings. The molecule has 0 saturated carbocycles. The van der Waals surface area contributed by atoms with E-state index in [0.717, 1.165) is 89.4 Å². The predicted octanol–water partition coefficient (Wildman–Crippen LogP) is 5.48. The quantitative estimate of drug-likeness (QED) is 0.0959. The highest BCUT2D eigenvalue weighted by Crippen LogP contribution is 2.37. The van der Waals surface area contributed by atoms with Gasteiger partial charge in [-0.3, -0.25) is 0 Å². The molecule has 9 rings (SSSR count). The van der Waals surface area contributed by atoms with Crippen LogP contribution in [-0.2, 0) is 0 Å². The highest BCUT2D eigenvalue weighted by molar-refractivity contribution is 5.97. The van der Waals surface area contributed by atoms with Crippen molar-refractivity contribution >= 4 is 68.7 Å². The first-order valence-corrected chi connectivity index (χ1v) is 20.6. The van der Waals surface area contributed by atoms with Gasteiger partial charge in [-0.1, -0.05) is 24.3 Å². The van der Waals surface area contributed by atoms with Crippen molar-refractivity contribution in [3.05, 3.63) is 143 Å². The molecule has 6 aliphatic heterocycles. The highest BCUT2D eigenvalue weighted by Gasteiger charge is 2.24. The van der Waals surface area contributed by atoms with Crippen LogP contribution in [0.4, 0.5) is 0 Å². The molecule has 12 heteroatoms. The third-order valence-corrected chi connectivity index (χ3v) is 11.5. The lowest BCUT2D eigenvalue weighted by Crippen LogP contribution is -2.25. The first-order valence-electron chi connectivity index (χ1n) is 20.6. The molecular formula is C48H50N8O4. The Kier molecular flexibility index (Phi) is 11.3. The summed E-state index contributed by atoms with van der Waals surface area (Å²) in [6.45, 7) is 4.62. The van der Waals surface area contributed by atoms with Gasteiger partial charge in [-0.15, -0.1) is 0 Å². The summed E-state index contributed by atoms with van der Waals surface area (Å²) < 4.78 is 0. The zero-order valence-corrected chi connectivity index (χ0v) is 33.5. The molecule has 0 atom stereocenters. The largest absolute Gasteiger partial charge is 0.395 e. The number of aromatic amines is 2. The summed E-state index contributed by atoms with van der Waals surface area (Å²) in [7, 11) is 0. The predicted molar refractivity (Wildman–Crippen MR) is 242 cm³/mol. The normalized spacial score (nSPS) is 17.1. The minimum atomic E-state index is 0.0452. The van der Waals surface area contributed by atoms with Gasteiger partial charge in [0.05, 0.1) is 49.2 Å². The van der Waals surface area contributed by atoms with Crippen molar-refractivity contribution in [2.45, 2.75) is 0 Å². The molecule has 3 aromatic rings. The third kappa shape index (κ3) is 7.85.